The lowest BCUT2D eigenvalue weighted by molar-refractivity contribution is -0.135. The Hall–Kier alpha value is -2.09. The van der Waals surface area contributed by atoms with Crippen LogP contribution in [0.3, 0.4) is 0 Å². The first-order chi connectivity index (χ1) is 12.2. The highest BCUT2D eigenvalue weighted by Gasteiger charge is 2.34. The molecule has 7 nitrogen and oxygen atoms in total. The fourth-order valence-corrected chi connectivity index (χ4v) is 4.63. The van der Waals surface area contributed by atoms with Crippen LogP contribution in [0, 0.1) is 5.92 Å². The maximum atomic E-state index is 12.6. The number of carbonyl (C=O) groups excluding carboxylic acids is 2. The Balaban J connectivity index is 1.99. The van der Waals surface area contributed by atoms with Crippen molar-refractivity contribution >= 4 is 21.7 Å². The summed E-state index contributed by atoms with van der Waals surface area (Å²) in [6, 6.07) is 6.00. The minimum atomic E-state index is -3.07. The summed E-state index contributed by atoms with van der Waals surface area (Å²) in [5.74, 6) is 0.126. The third-order valence-electron chi connectivity index (χ3n) is 4.17. The lowest BCUT2D eigenvalue weighted by atomic mass is 10.1. The van der Waals surface area contributed by atoms with E-state index in [0.29, 0.717) is 24.3 Å². The van der Waals surface area contributed by atoms with Gasteiger partial charge in [0.25, 0.3) is 5.91 Å². The molecule has 0 unspecified atom stereocenters. The molecule has 1 aliphatic heterocycles. The molecule has 8 heteroatoms. The predicted molar refractivity (Wildman–Crippen MR) is 96.9 cm³/mol. The highest BCUT2D eigenvalue weighted by atomic mass is 32.2. The zero-order valence-electron chi connectivity index (χ0n) is 15.3. The summed E-state index contributed by atoms with van der Waals surface area (Å²) in [6.45, 7) is 4.27. The first kappa shape index (κ1) is 20.2. The number of carbonyl (C=O) groups is 2. The topological polar surface area (TPSA) is 90.0 Å². The molecule has 0 aromatic heterocycles. The van der Waals surface area contributed by atoms with Crippen molar-refractivity contribution < 1.29 is 27.5 Å². The number of rotatable bonds is 7. The van der Waals surface area contributed by atoms with E-state index in [4.69, 9.17) is 4.74 Å². The van der Waals surface area contributed by atoms with Crippen molar-refractivity contribution in [2.45, 2.75) is 26.3 Å². The second-order valence-corrected chi connectivity index (χ2v) is 9.03. The van der Waals surface area contributed by atoms with Crippen LogP contribution in [-0.4, -0.2) is 63.0 Å². The lowest BCUT2D eigenvalue weighted by Crippen LogP contribution is -2.45. The summed E-state index contributed by atoms with van der Waals surface area (Å²) < 4.78 is 33.6. The van der Waals surface area contributed by atoms with Crippen molar-refractivity contribution in [3.63, 3.8) is 0 Å². The molecule has 1 atom stereocenters. The van der Waals surface area contributed by atoms with Crippen LogP contribution in [0.25, 0.3) is 0 Å². The number of ether oxygens (including phenoxy) is 2. The molecule has 0 N–H and O–H groups in total. The average molecular weight is 383 g/mol. The fourth-order valence-electron chi connectivity index (χ4n) is 2.90. The molecule has 0 spiro atoms. The molecule has 2 rings (SSSR count). The van der Waals surface area contributed by atoms with Crippen LogP contribution in [0.4, 0.5) is 0 Å². The van der Waals surface area contributed by atoms with Crippen LogP contribution in [0.1, 0.15) is 30.6 Å². The number of esters is 1. The molecule has 1 fully saturated rings. The molecule has 1 aromatic carbocycles. The summed E-state index contributed by atoms with van der Waals surface area (Å²) in [6.07, 6.45) is 0.467. The maximum Gasteiger partial charge on any atom is 0.337 e. The van der Waals surface area contributed by atoms with E-state index in [1.54, 1.807) is 29.2 Å². The first-order valence-corrected chi connectivity index (χ1v) is 10.3. The molecule has 26 heavy (non-hydrogen) atoms. The summed E-state index contributed by atoms with van der Waals surface area (Å²) in [7, 11) is -1.77. The quantitative estimate of drug-likeness (QED) is 0.663. The van der Waals surface area contributed by atoms with Gasteiger partial charge in [0.1, 0.15) is 5.75 Å². The van der Waals surface area contributed by atoms with Gasteiger partial charge in [0, 0.05) is 12.6 Å². The predicted octanol–water partition coefficient (Wildman–Crippen LogP) is 1.52. The smallest absolute Gasteiger partial charge is 0.337 e. The van der Waals surface area contributed by atoms with Gasteiger partial charge in [-0.2, -0.15) is 0 Å². The molecule has 1 aromatic rings. The van der Waals surface area contributed by atoms with Crippen molar-refractivity contribution in [2.75, 3.05) is 31.8 Å². The van der Waals surface area contributed by atoms with Gasteiger partial charge in [-0.15, -0.1) is 0 Å². The zero-order chi connectivity index (χ0) is 19.3. The van der Waals surface area contributed by atoms with Gasteiger partial charge in [0.15, 0.2) is 16.4 Å². The number of amides is 1. The molecule has 0 radical (unpaired) electrons. The van der Waals surface area contributed by atoms with Gasteiger partial charge >= 0.3 is 5.97 Å². The van der Waals surface area contributed by atoms with E-state index in [9.17, 15) is 18.0 Å². The largest absolute Gasteiger partial charge is 0.484 e. The fraction of sp³-hybridized carbons (Fsp3) is 0.556. The summed E-state index contributed by atoms with van der Waals surface area (Å²) in [4.78, 5) is 25.6. The number of methoxy groups -OCH3 is 1. The van der Waals surface area contributed by atoms with E-state index < -0.39 is 15.8 Å². The zero-order valence-corrected chi connectivity index (χ0v) is 16.1. The molecule has 144 valence electrons. The van der Waals surface area contributed by atoms with Gasteiger partial charge in [0.2, 0.25) is 0 Å². The van der Waals surface area contributed by atoms with Crippen molar-refractivity contribution in [1.82, 2.24) is 4.90 Å². The highest BCUT2D eigenvalue weighted by molar-refractivity contribution is 7.91. The van der Waals surface area contributed by atoms with E-state index in [1.165, 1.54) is 7.11 Å². The van der Waals surface area contributed by atoms with Crippen molar-refractivity contribution in [3.8, 4) is 5.75 Å². The second kappa shape index (κ2) is 8.53. The Labute approximate surface area is 154 Å². The standard InChI is InChI=1S/C18H25NO6S/c1-13(2)10-19(15-8-9-26(22,23)12-15)17(20)11-25-16-6-4-14(5-7-16)18(21)24-3/h4-7,13,15H,8-12H2,1-3H3/t15-/m0/s1. The van der Waals surface area contributed by atoms with Gasteiger partial charge < -0.3 is 14.4 Å². The normalized spacial score (nSPS) is 18.5. The third kappa shape index (κ3) is 5.45. The SMILES string of the molecule is COC(=O)c1ccc(OCC(=O)N(CC(C)C)[C@H]2CCS(=O)(=O)C2)cc1. The Bertz CT molecular complexity index is 741. The number of nitrogens with zero attached hydrogens (tertiary/aromatic N) is 1. The molecule has 0 saturated carbocycles. The lowest BCUT2D eigenvalue weighted by Gasteiger charge is -2.29. The number of sulfone groups is 1. The average Bonchev–Trinajstić information content (AvgIpc) is 2.96. The summed E-state index contributed by atoms with van der Waals surface area (Å²) in [5.41, 5.74) is 0.392. The summed E-state index contributed by atoms with van der Waals surface area (Å²) in [5, 5.41) is 0. The van der Waals surface area contributed by atoms with Crippen LogP contribution in [0.15, 0.2) is 24.3 Å². The molecular formula is C18H25NO6S. The second-order valence-electron chi connectivity index (χ2n) is 6.80. The highest BCUT2D eigenvalue weighted by Crippen LogP contribution is 2.20. The number of hydrogen-bond acceptors (Lipinski definition) is 6. The van der Waals surface area contributed by atoms with Gasteiger partial charge in [-0.05, 0) is 36.6 Å². The van der Waals surface area contributed by atoms with Gasteiger partial charge in [0.05, 0.1) is 24.2 Å². The van der Waals surface area contributed by atoms with E-state index in [0.717, 1.165) is 0 Å². The van der Waals surface area contributed by atoms with Crippen LogP contribution < -0.4 is 4.74 Å². The summed E-state index contributed by atoms with van der Waals surface area (Å²) >= 11 is 0. The van der Waals surface area contributed by atoms with Crippen molar-refractivity contribution in [3.05, 3.63) is 29.8 Å². The molecule has 1 aliphatic rings. The van der Waals surface area contributed by atoms with Crippen LogP contribution in [0.5, 0.6) is 5.75 Å². The minimum absolute atomic E-state index is 0.0132. The van der Waals surface area contributed by atoms with Gasteiger partial charge in [-0.25, -0.2) is 13.2 Å². The van der Waals surface area contributed by atoms with Crippen LogP contribution in [0.2, 0.25) is 0 Å². The Kier molecular flexibility index (Phi) is 6.63. The monoisotopic (exact) mass is 383 g/mol. The van der Waals surface area contributed by atoms with E-state index >= 15 is 0 Å². The van der Waals surface area contributed by atoms with Crippen molar-refractivity contribution in [2.24, 2.45) is 5.92 Å². The number of benzene rings is 1. The van der Waals surface area contributed by atoms with E-state index in [1.807, 2.05) is 13.8 Å². The van der Waals surface area contributed by atoms with Gasteiger partial charge in [-0.3, -0.25) is 4.79 Å². The third-order valence-corrected chi connectivity index (χ3v) is 5.92. The van der Waals surface area contributed by atoms with Crippen molar-refractivity contribution in [1.29, 1.82) is 0 Å². The number of hydrogen-bond donors (Lipinski definition) is 0. The molecule has 0 aliphatic carbocycles. The van der Waals surface area contributed by atoms with Crippen LogP contribution >= 0.6 is 0 Å². The van der Waals surface area contributed by atoms with E-state index in [2.05, 4.69) is 4.74 Å². The minimum Gasteiger partial charge on any atom is -0.484 e. The molecule has 0 bridgehead atoms. The van der Waals surface area contributed by atoms with Crippen LogP contribution in [-0.2, 0) is 19.4 Å². The van der Waals surface area contributed by atoms with Gasteiger partial charge in [-0.1, -0.05) is 13.8 Å². The van der Waals surface area contributed by atoms with E-state index in [-0.39, 0.29) is 36.0 Å². The molecular weight excluding hydrogens is 358 g/mol. The molecule has 1 amide bonds. The first-order valence-electron chi connectivity index (χ1n) is 8.53. The molecule has 1 saturated heterocycles. The molecule has 1 heterocycles. The Morgan fingerprint density at radius 2 is 1.88 bits per heavy atom. The Morgan fingerprint density at radius 1 is 1.23 bits per heavy atom. The Morgan fingerprint density at radius 3 is 2.38 bits per heavy atom. The maximum absolute atomic E-state index is 12.6.